The first-order valence-electron chi connectivity index (χ1n) is 4.78. The number of carboxylic acids is 1. The number of rotatable bonds is 3. The van der Waals surface area contributed by atoms with Crippen molar-refractivity contribution in [2.75, 3.05) is 0 Å². The second kappa shape index (κ2) is 4.09. The molecule has 5 nitrogen and oxygen atoms in total. The standard InChI is InChI=1S/C10H10ClN3O2/c1-6(10(15)16)2-7-3-13-9-4-12-8(11)5-14(7)9/h3-6H,2H2,1H3,(H,15,16). The van der Waals surface area contributed by atoms with E-state index in [4.69, 9.17) is 16.7 Å². The number of nitrogens with zero attached hydrogens (tertiary/aromatic N) is 3. The zero-order valence-corrected chi connectivity index (χ0v) is 9.35. The Morgan fingerprint density at radius 2 is 2.31 bits per heavy atom. The number of aliphatic carboxylic acids is 1. The van der Waals surface area contributed by atoms with Crippen LogP contribution in [-0.2, 0) is 11.2 Å². The van der Waals surface area contributed by atoms with Crippen LogP contribution in [0.5, 0.6) is 0 Å². The molecule has 0 bridgehead atoms. The van der Waals surface area contributed by atoms with Crippen LogP contribution in [0.4, 0.5) is 0 Å². The molecule has 2 heterocycles. The zero-order valence-electron chi connectivity index (χ0n) is 8.59. The molecule has 16 heavy (non-hydrogen) atoms. The average Bonchev–Trinajstić information content (AvgIpc) is 2.61. The fourth-order valence-corrected chi connectivity index (χ4v) is 1.61. The number of carboxylic acid groups (broad SMARTS) is 1. The largest absolute Gasteiger partial charge is 0.481 e. The smallest absolute Gasteiger partial charge is 0.306 e. The Bertz CT molecular complexity index is 538. The molecular weight excluding hydrogens is 230 g/mol. The summed E-state index contributed by atoms with van der Waals surface area (Å²) in [6, 6.07) is 0. The highest BCUT2D eigenvalue weighted by Gasteiger charge is 2.14. The van der Waals surface area contributed by atoms with Gasteiger partial charge in [-0.1, -0.05) is 18.5 Å². The molecular formula is C10H10ClN3O2. The van der Waals surface area contributed by atoms with Crippen LogP contribution in [0.2, 0.25) is 5.15 Å². The summed E-state index contributed by atoms with van der Waals surface area (Å²) in [6.07, 6.45) is 5.24. The molecule has 2 aromatic rings. The van der Waals surface area contributed by atoms with Crippen molar-refractivity contribution in [3.63, 3.8) is 0 Å². The lowest BCUT2D eigenvalue weighted by molar-refractivity contribution is -0.141. The number of aromatic nitrogens is 3. The molecule has 1 atom stereocenters. The van der Waals surface area contributed by atoms with Gasteiger partial charge in [0.25, 0.3) is 0 Å². The first-order valence-corrected chi connectivity index (χ1v) is 5.16. The summed E-state index contributed by atoms with van der Waals surface area (Å²) < 4.78 is 1.76. The normalized spacial score (nSPS) is 12.9. The van der Waals surface area contributed by atoms with Gasteiger partial charge in [0.2, 0.25) is 0 Å². The molecule has 2 rings (SSSR count). The van der Waals surface area contributed by atoms with Gasteiger partial charge in [0, 0.05) is 24.5 Å². The minimum absolute atomic E-state index is 0.356. The first-order chi connectivity index (χ1) is 7.58. The molecule has 0 saturated carbocycles. The average molecular weight is 240 g/mol. The highest BCUT2D eigenvalue weighted by molar-refractivity contribution is 6.29. The number of hydrogen-bond donors (Lipinski definition) is 1. The maximum Gasteiger partial charge on any atom is 0.306 e. The van der Waals surface area contributed by atoms with Crippen LogP contribution in [0, 0.1) is 5.92 Å². The van der Waals surface area contributed by atoms with E-state index in [2.05, 4.69) is 9.97 Å². The van der Waals surface area contributed by atoms with Gasteiger partial charge in [0.1, 0.15) is 5.15 Å². The fraction of sp³-hybridized carbons (Fsp3) is 0.300. The Labute approximate surface area is 96.7 Å². The van der Waals surface area contributed by atoms with Crippen LogP contribution in [-0.4, -0.2) is 25.4 Å². The van der Waals surface area contributed by atoms with E-state index in [1.54, 1.807) is 29.9 Å². The second-order valence-electron chi connectivity index (χ2n) is 3.63. The molecule has 0 aliphatic carbocycles. The summed E-state index contributed by atoms with van der Waals surface area (Å²) in [4.78, 5) is 18.8. The minimum atomic E-state index is -0.824. The lowest BCUT2D eigenvalue weighted by atomic mass is 10.1. The molecule has 2 aromatic heterocycles. The van der Waals surface area contributed by atoms with Crippen molar-refractivity contribution < 1.29 is 9.90 Å². The van der Waals surface area contributed by atoms with Gasteiger partial charge in [-0.25, -0.2) is 9.97 Å². The van der Waals surface area contributed by atoms with Crippen LogP contribution in [0.3, 0.4) is 0 Å². The van der Waals surface area contributed by atoms with Crippen molar-refractivity contribution in [3.05, 3.63) is 29.4 Å². The van der Waals surface area contributed by atoms with Gasteiger partial charge in [-0.05, 0) is 0 Å². The Morgan fingerprint density at radius 1 is 1.56 bits per heavy atom. The molecule has 0 aromatic carbocycles. The van der Waals surface area contributed by atoms with Crippen molar-refractivity contribution in [1.82, 2.24) is 14.4 Å². The van der Waals surface area contributed by atoms with E-state index < -0.39 is 11.9 Å². The Kier molecular flexibility index (Phi) is 2.78. The van der Waals surface area contributed by atoms with Gasteiger partial charge in [0.15, 0.2) is 5.65 Å². The number of hydrogen-bond acceptors (Lipinski definition) is 3. The molecule has 0 aliphatic rings. The Hall–Kier alpha value is -1.62. The van der Waals surface area contributed by atoms with Crippen molar-refractivity contribution in [3.8, 4) is 0 Å². The Morgan fingerprint density at radius 3 is 3.00 bits per heavy atom. The predicted molar refractivity (Wildman–Crippen MR) is 58.5 cm³/mol. The van der Waals surface area contributed by atoms with Gasteiger partial charge in [-0.15, -0.1) is 0 Å². The van der Waals surface area contributed by atoms with Crippen molar-refractivity contribution in [2.45, 2.75) is 13.3 Å². The quantitative estimate of drug-likeness (QED) is 0.884. The topological polar surface area (TPSA) is 67.5 Å². The molecule has 84 valence electrons. The third-order valence-corrected chi connectivity index (χ3v) is 2.57. The molecule has 1 unspecified atom stereocenters. The SMILES string of the molecule is CC(Cc1cnc2cnc(Cl)cn12)C(=O)O. The number of fused-ring (bicyclic) bond motifs is 1. The van der Waals surface area contributed by atoms with E-state index >= 15 is 0 Å². The molecule has 0 spiro atoms. The monoisotopic (exact) mass is 239 g/mol. The number of imidazole rings is 1. The summed E-state index contributed by atoms with van der Waals surface area (Å²) in [7, 11) is 0. The van der Waals surface area contributed by atoms with Crippen LogP contribution in [0.1, 0.15) is 12.6 Å². The van der Waals surface area contributed by atoms with Crippen molar-refractivity contribution >= 4 is 23.2 Å². The maximum absolute atomic E-state index is 10.8. The highest BCUT2D eigenvalue weighted by Crippen LogP contribution is 2.13. The van der Waals surface area contributed by atoms with E-state index in [1.165, 1.54) is 0 Å². The van der Waals surface area contributed by atoms with Crippen LogP contribution < -0.4 is 0 Å². The lowest BCUT2D eigenvalue weighted by Gasteiger charge is -2.05. The summed E-state index contributed by atoms with van der Waals surface area (Å²) in [5.41, 5.74) is 1.48. The van der Waals surface area contributed by atoms with Gasteiger partial charge in [-0.3, -0.25) is 9.20 Å². The van der Waals surface area contributed by atoms with Gasteiger partial charge in [0.05, 0.1) is 12.1 Å². The molecule has 1 N–H and O–H groups in total. The molecule has 0 aliphatic heterocycles. The van der Waals surface area contributed by atoms with E-state index in [9.17, 15) is 4.79 Å². The van der Waals surface area contributed by atoms with E-state index in [1.807, 2.05) is 0 Å². The molecule has 0 fully saturated rings. The van der Waals surface area contributed by atoms with Crippen LogP contribution >= 0.6 is 11.6 Å². The first kappa shape index (κ1) is 10.9. The third kappa shape index (κ3) is 1.99. The summed E-state index contributed by atoms with van der Waals surface area (Å²) in [6.45, 7) is 1.66. The van der Waals surface area contributed by atoms with E-state index in [-0.39, 0.29) is 0 Å². The zero-order chi connectivity index (χ0) is 11.7. The summed E-state index contributed by atoms with van der Waals surface area (Å²) in [5.74, 6) is -1.28. The van der Waals surface area contributed by atoms with Crippen molar-refractivity contribution in [1.29, 1.82) is 0 Å². The summed E-state index contributed by atoms with van der Waals surface area (Å²) >= 11 is 5.77. The third-order valence-electron chi connectivity index (χ3n) is 2.38. The van der Waals surface area contributed by atoms with Crippen molar-refractivity contribution in [2.24, 2.45) is 5.92 Å². The van der Waals surface area contributed by atoms with Gasteiger partial charge >= 0.3 is 5.97 Å². The highest BCUT2D eigenvalue weighted by atomic mass is 35.5. The summed E-state index contributed by atoms with van der Waals surface area (Å²) in [5, 5.41) is 9.20. The second-order valence-corrected chi connectivity index (χ2v) is 4.02. The number of carbonyl (C=O) groups is 1. The molecule has 6 heteroatoms. The maximum atomic E-state index is 10.8. The van der Waals surface area contributed by atoms with Crippen LogP contribution in [0.15, 0.2) is 18.6 Å². The predicted octanol–water partition coefficient (Wildman–Crippen LogP) is 1.65. The van der Waals surface area contributed by atoms with E-state index in [0.29, 0.717) is 17.2 Å². The Balaban J connectivity index is 2.37. The van der Waals surface area contributed by atoms with E-state index in [0.717, 1.165) is 5.69 Å². The van der Waals surface area contributed by atoms with Gasteiger partial charge < -0.3 is 5.11 Å². The number of halogens is 1. The molecule has 0 saturated heterocycles. The fourth-order valence-electron chi connectivity index (χ4n) is 1.47. The lowest BCUT2D eigenvalue weighted by Crippen LogP contribution is -2.13. The molecule has 0 amide bonds. The van der Waals surface area contributed by atoms with Crippen LogP contribution in [0.25, 0.3) is 5.65 Å². The minimum Gasteiger partial charge on any atom is -0.481 e. The van der Waals surface area contributed by atoms with Gasteiger partial charge in [-0.2, -0.15) is 0 Å². The molecule has 0 radical (unpaired) electrons.